The third-order valence-corrected chi connectivity index (χ3v) is 4.47. The molecule has 0 aliphatic heterocycles. The van der Waals surface area contributed by atoms with E-state index in [0.29, 0.717) is 17.0 Å². The zero-order chi connectivity index (χ0) is 26.6. The van der Waals surface area contributed by atoms with Gasteiger partial charge in [0, 0.05) is 22.7 Å². The molecule has 0 saturated carbocycles. The number of nitrogens with one attached hydrogen (secondary N) is 3. The second-order valence-electron chi connectivity index (χ2n) is 8.16. The summed E-state index contributed by atoms with van der Waals surface area (Å²) in [6.07, 6.45) is -0.604. The van der Waals surface area contributed by atoms with E-state index in [1.54, 1.807) is 18.5 Å². The molecule has 0 aliphatic carbocycles. The Bertz CT molecular complexity index is 1450. The van der Waals surface area contributed by atoms with Crippen molar-refractivity contribution in [2.45, 2.75) is 32.4 Å². The molecule has 10 nitrogen and oxygen atoms in total. The van der Waals surface area contributed by atoms with Gasteiger partial charge in [0.1, 0.15) is 22.2 Å². The van der Waals surface area contributed by atoms with Gasteiger partial charge in [-0.1, -0.05) is 20.8 Å². The number of aromatic amines is 3. The van der Waals surface area contributed by atoms with Crippen molar-refractivity contribution in [3.05, 3.63) is 72.9 Å². The quantitative estimate of drug-likeness (QED) is 0.363. The van der Waals surface area contributed by atoms with E-state index >= 15 is 0 Å². The molecule has 2 aromatic heterocycles. The number of phenolic OH excluding ortho intramolecular Hbond substituents is 1. The number of hydrogen-bond acceptors (Lipinski definition) is 6. The van der Waals surface area contributed by atoms with Crippen LogP contribution in [0.2, 0.25) is 0 Å². The number of ether oxygens (including phenoxy) is 1. The first-order chi connectivity index (χ1) is 16.1. The zero-order valence-corrected chi connectivity index (χ0v) is 19.1. The van der Waals surface area contributed by atoms with Crippen molar-refractivity contribution in [3.63, 3.8) is 0 Å². The fourth-order valence-electron chi connectivity index (χ4n) is 2.78. The van der Waals surface area contributed by atoms with Gasteiger partial charge in [-0.25, -0.2) is 9.78 Å². The summed E-state index contributed by atoms with van der Waals surface area (Å²) in [4.78, 5) is 46.2. The van der Waals surface area contributed by atoms with Gasteiger partial charge < -0.3 is 29.9 Å². The number of hydrogen-bond donors (Lipinski definition) is 5. The van der Waals surface area contributed by atoms with Gasteiger partial charge in [-0.2, -0.15) is 13.2 Å². The third-order valence-electron chi connectivity index (χ3n) is 4.47. The second kappa shape index (κ2) is 10.3. The fraction of sp³-hybridized carbons (Fsp3) is 0.273. The van der Waals surface area contributed by atoms with Crippen LogP contribution in [0.15, 0.2) is 34.1 Å². The van der Waals surface area contributed by atoms with Crippen LogP contribution < -0.4 is 26.6 Å². The molecule has 188 valence electrons. The van der Waals surface area contributed by atoms with Crippen LogP contribution in [0.1, 0.15) is 37.7 Å². The number of aromatic hydroxyl groups is 1. The Hall–Kier alpha value is -4.29. The molecule has 0 amide bonds. The van der Waals surface area contributed by atoms with Gasteiger partial charge in [-0.3, -0.25) is 9.59 Å². The molecular formula is C22H23F3N4O6. The lowest BCUT2D eigenvalue weighted by molar-refractivity contribution is -0.192. The number of nitrogens with zero attached hydrogens (tertiary/aromatic N) is 1. The van der Waals surface area contributed by atoms with Crippen LogP contribution in [-0.2, 0) is 10.2 Å². The van der Waals surface area contributed by atoms with Crippen LogP contribution in [0.3, 0.4) is 0 Å². The number of alkyl halides is 3. The van der Waals surface area contributed by atoms with Crippen molar-refractivity contribution in [2.75, 3.05) is 7.11 Å². The molecule has 0 fully saturated rings. The Morgan fingerprint density at radius 2 is 1.60 bits per heavy atom. The summed E-state index contributed by atoms with van der Waals surface area (Å²) in [6.45, 7) is 6.05. The molecule has 3 aromatic rings. The molecule has 3 rings (SSSR count). The highest BCUT2D eigenvalue weighted by Crippen LogP contribution is 2.24. The number of carbonyl (C=O) groups is 1. The number of imidazole rings is 1. The Labute approximate surface area is 195 Å². The van der Waals surface area contributed by atoms with Gasteiger partial charge in [-0.15, -0.1) is 0 Å². The van der Waals surface area contributed by atoms with Crippen LogP contribution in [0.25, 0.3) is 12.2 Å². The van der Waals surface area contributed by atoms with E-state index < -0.39 is 23.3 Å². The molecule has 1 aromatic carbocycles. The largest absolute Gasteiger partial charge is 0.507 e. The van der Waals surface area contributed by atoms with Crippen molar-refractivity contribution in [1.29, 1.82) is 0 Å². The highest BCUT2D eigenvalue weighted by atomic mass is 19.4. The number of phenols is 1. The zero-order valence-electron chi connectivity index (χ0n) is 19.1. The molecule has 0 radical (unpaired) electrons. The first kappa shape index (κ1) is 27.0. The summed E-state index contributed by atoms with van der Waals surface area (Å²) in [6, 6.07) is 4.66. The highest BCUT2D eigenvalue weighted by molar-refractivity contribution is 5.73. The minimum absolute atomic E-state index is 0.0284. The van der Waals surface area contributed by atoms with Crippen molar-refractivity contribution < 1.29 is 32.9 Å². The molecule has 0 bridgehead atoms. The molecule has 5 N–H and O–H groups in total. The standard InChI is InChI=1S/C20H22N4O4.C2HF3O2/c1-20(2,3)17-13(21-10-22-17)9-15-19(27)23-14(18(26)24-15)7-11-5-6-12(28-4)8-16(11)25;3-2(4,5)1(6)7/h5-10,25H,1-4H3,(H,21,22)(H,23,27)(H,24,26);(H,6,7)/b14-7-,15-9-;. The molecule has 0 atom stereocenters. The Morgan fingerprint density at radius 3 is 2.06 bits per heavy atom. The van der Waals surface area contributed by atoms with E-state index in [4.69, 9.17) is 14.6 Å². The molecule has 2 heterocycles. The minimum Gasteiger partial charge on any atom is -0.507 e. The van der Waals surface area contributed by atoms with Crippen molar-refractivity contribution in [1.82, 2.24) is 19.9 Å². The Kier molecular flexibility index (Phi) is 7.95. The summed E-state index contributed by atoms with van der Waals surface area (Å²) >= 11 is 0. The number of carboxylic acids is 1. The maximum Gasteiger partial charge on any atom is 0.490 e. The lowest BCUT2D eigenvalue weighted by atomic mass is 9.90. The van der Waals surface area contributed by atoms with Crippen molar-refractivity contribution >= 4 is 18.1 Å². The molecule has 35 heavy (non-hydrogen) atoms. The van der Waals surface area contributed by atoms with Crippen molar-refractivity contribution in [3.8, 4) is 11.5 Å². The van der Waals surface area contributed by atoms with E-state index in [1.807, 2.05) is 20.8 Å². The van der Waals surface area contributed by atoms with Crippen LogP contribution in [-0.4, -0.2) is 49.4 Å². The molecule has 0 saturated heterocycles. The lowest BCUT2D eigenvalue weighted by Gasteiger charge is -2.16. The van der Waals surface area contributed by atoms with E-state index in [-0.39, 0.29) is 21.9 Å². The van der Waals surface area contributed by atoms with Gasteiger partial charge in [0.25, 0.3) is 11.1 Å². The number of methoxy groups -OCH3 is 1. The highest BCUT2D eigenvalue weighted by Gasteiger charge is 2.38. The monoisotopic (exact) mass is 496 g/mol. The molecular weight excluding hydrogens is 473 g/mol. The first-order valence-electron chi connectivity index (χ1n) is 9.90. The van der Waals surface area contributed by atoms with Crippen LogP contribution in [0, 0.1) is 0 Å². The fourth-order valence-corrected chi connectivity index (χ4v) is 2.78. The first-order valence-corrected chi connectivity index (χ1v) is 9.90. The maximum absolute atomic E-state index is 12.5. The van der Waals surface area contributed by atoms with Crippen LogP contribution in [0.4, 0.5) is 13.2 Å². The number of aromatic nitrogens is 4. The smallest absolute Gasteiger partial charge is 0.490 e. The number of halogens is 3. The number of rotatable bonds is 3. The lowest BCUT2D eigenvalue weighted by Crippen LogP contribution is -2.46. The average molecular weight is 496 g/mol. The van der Waals surface area contributed by atoms with E-state index in [0.717, 1.165) is 5.69 Å². The summed E-state index contributed by atoms with van der Waals surface area (Å²) in [5.74, 6) is -2.34. The van der Waals surface area contributed by atoms with Gasteiger partial charge >= 0.3 is 12.1 Å². The van der Waals surface area contributed by atoms with Crippen LogP contribution in [0.5, 0.6) is 11.5 Å². The molecule has 13 heteroatoms. The van der Waals surface area contributed by atoms with E-state index in [1.165, 1.54) is 25.3 Å². The number of carboxylic acid groups (broad SMARTS) is 1. The normalized spacial score (nSPS) is 12.8. The van der Waals surface area contributed by atoms with Gasteiger partial charge in [-0.05, 0) is 24.3 Å². The Morgan fingerprint density at radius 1 is 1.06 bits per heavy atom. The van der Waals surface area contributed by atoms with E-state index in [2.05, 4.69) is 19.9 Å². The predicted molar refractivity (Wildman–Crippen MR) is 120 cm³/mol. The predicted octanol–water partition coefficient (Wildman–Crippen LogP) is 1.09. The summed E-state index contributed by atoms with van der Waals surface area (Å²) in [5, 5.41) is 17.3. The number of benzene rings is 1. The van der Waals surface area contributed by atoms with Gasteiger partial charge in [0.05, 0.1) is 19.1 Å². The third kappa shape index (κ3) is 7.09. The van der Waals surface area contributed by atoms with Crippen molar-refractivity contribution in [2.24, 2.45) is 0 Å². The van der Waals surface area contributed by atoms with Gasteiger partial charge in [0.15, 0.2) is 0 Å². The number of aliphatic carboxylic acids is 1. The average Bonchev–Trinajstić information content (AvgIpc) is 3.21. The minimum atomic E-state index is -5.08. The summed E-state index contributed by atoms with van der Waals surface area (Å²) in [7, 11) is 1.49. The van der Waals surface area contributed by atoms with Crippen LogP contribution >= 0.6 is 0 Å². The summed E-state index contributed by atoms with van der Waals surface area (Å²) < 4.78 is 36.8. The van der Waals surface area contributed by atoms with Gasteiger partial charge in [0.2, 0.25) is 0 Å². The topological polar surface area (TPSA) is 161 Å². The van der Waals surface area contributed by atoms with E-state index in [9.17, 15) is 27.9 Å². The maximum atomic E-state index is 12.5. The SMILES string of the molecule is COc1ccc(/C=c2\[nH]c(=O)/c(=C/c3nc[nH]c3C(C)(C)C)[nH]c2=O)c(O)c1.O=C(O)C(F)(F)F. The summed E-state index contributed by atoms with van der Waals surface area (Å²) in [5.41, 5.74) is 0.649. The Balaban J connectivity index is 0.000000540. The molecule has 0 spiro atoms. The number of H-pyrrole nitrogens is 3. The molecule has 0 aliphatic rings. The second-order valence-corrected chi connectivity index (χ2v) is 8.16. The molecule has 0 unspecified atom stereocenters.